The van der Waals surface area contributed by atoms with Gasteiger partial charge in [0.1, 0.15) is 0 Å². The zero-order valence-electron chi connectivity index (χ0n) is 11.9. The monoisotopic (exact) mass is 257 g/mol. The molecule has 18 heavy (non-hydrogen) atoms. The summed E-state index contributed by atoms with van der Waals surface area (Å²) in [6.07, 6.45) is 1.03. The van der Waals surface area contributed by atoms with Gasteiger partial charge in [-0.25, -0.2) is 0 Å². The van der Waals surface area contributed by atoms with Crippen LogP contribution >= 0.6 is 0 Å². The lowest BCUT2D eigenvalue weighted by atomic mass is 10.0. The van der Waals surface area contributed by atoms with Gasteiger partial charge in [0, 0.05) is 39.3 Å². The number of hydrogen-bond donors (Lipinski definition) is 1. The van der Waals surface area contributed by atoms with Crippen LogP contribution in [0.4, 0.5) is 0 Å². The van der Waals surface area contributed by atoms with Crippen molar-refractivity contribution in [2.24, 2.45) is 11.7 Å². The maximum atomic E-state index is 12.2. The molecular weight excluding hydrogens is 230 g/mol. The Morgan fingerprint density at radius 3 is 2.61 bits per heavy atom. The van der Waals surface area contributed by atoms with Crippen molar-refractivity contribution < 1.29 is 9.53 Å². The first kappa shape index (κ1) is 15.4. The van der Waals surface area contributed by atoms with Gasteiger partial charge in [-0.1, -0.05) is 6.92 Å². The molecule has 2 unspecified atom stereocenters. The summed E-state index contributed by atoms with van der Waals surface area (Å²) >= 11 is 0. The summed E-state index contributed by atoms with van der Waals surface area (Å²) in [6.45, 7) is 9.14. The number of ether oxygens (including phenoxy) is 1. The van der Waals surface area contributed by atoms with Crippen LogP contribution in [-0.2, 0) is 9.53 Å². The lowest BCUT2D eigenvalue weighted by molar-refractivity contribution is -0.135. The molecule has 2 N–H and O–H groups in total. The SMILES string of the molecule is COCCN1CCCN(C(=O)C(C)C(C)N)CC1. The molecule has 1 aliphatic rings. The Morgan fingerprint density at radius 2 is 2.00 bits per heavy atom. The molecule has 0 aromatic carbocycles. The van der Waals surface area contributed by atoms with E-state index in [9.17, 15) is 4.79 Å². The molecule has 5 nitrogen and oxygen atoms in total. The summed E-state index contributed by atoms with van der Waals surface area (Å²) in [7, 11) is 1.72. The average Bonchev–Trinajstić information content (AvgIpc) is 2.59. The van der Waals surface area contributed by atoms with Gasteiger partial charge in [0.25, 0.3) is 0 Å². The number of hydrogen-bond acceptors (Lipinski definition) is 4. The van der Waals surface area contributed by atoms with E-state index in [1.54, 1.807) is 7.11 Å². The predicted octanol–water partition coefficient (Wildman–Crippen LogP) is 0.150. The molecular formula is C13H27N3O2. The van der Waals surface area contributed by atoms with Crippen molar-refractivity contribution in [2.45, 2.75) is 26.3 Å². The lowest BCUT2D eigenvalue weighted by Crippen LogP contribution is -2.43. The molecule has 2 atom stereocenters. The van der Waals surface area contributed by atoms with Gasteiger partial charge in [-0.15, -0.1) is 0 Å². The maximum Gasteiger partial charge on any atom is 0.226 e. The first-order chi connectivity index (χ1) is 8.56. The van der Waals surface area contributed by atoms with Crippen molar-refractivity contribution in [3.05, 3.63) is 0 Å². The van der Waals surface area contributed by atoms with Gasteiger partial charge in [0.05, 0.1) is 12.5 Å². The molecule has 0 aliphatic carbocycles. The van der Waals surface area contributed by atoms with Crippen molar-refractivity contribution in [1.29, 1.82) is 0 Å². The number of nitrogens with two attached hydrogens (primary N) is 1. The molecule has 1 aliphatic heterocycles. The van der Waals surface area contributed by atoms with Crippen molar-refractivity contribution in [1.82, 2.24) is 9.80 Å². The van der Waals surface area contributed by atoms with Crippen LogP contribution < -0.4 is 5.73 Å². The van der Waals surface area contributed by atoms with Crippen LogP contribution in [0.5, 0.6) is 0 Å². The zero-order valence-corrected chi connectivity index (χ0v) is 11.9. The van der Waals surface area contributed by atoms with Crippen LogP contribution in [0.25, 0.3) is 0 Å². The minimum absolute atomic E-state index is 0.0784. The summed E-state index contributed by atoms with van der Waals surface area (Å²) in [5.41, 5.74) is 5.80. The zero-order chi connectivity index (χ0) is 13.5. The Morgan fingerprint density at radius 1 is 1.28 bits per heavy atom. The second-order valence-electron chi connectivity index (χ2n) is 5.16. The van der Waals surface area contributed by atoms with Crippen molar-refractivity contribution in [3.8, 4) is 0 Å². The van der Waals surface area contributed by atoms with Gasteiger partial charge < -0.3 is 15.4 Å². The van der Waals surface area contributed by atoms with E-state index in [1.807, 2.05) is 18.7 Å². The van der Waals surface area contributed by atoms with Gasteiger partial charge in [-0.05, 0) is 19.9 Å². The Kier molecular flexibility index (Phi) is 6.60. The Labute approximate surface area is 110 Å². The molecule has 0 saturated carbocycles. The summed E-state index contributed by atoms with van der Waals surface area (Å²) in [5, 5.41) is 0. The minimum Gasteiger partial charge on any atom is -0.383 e. The largest absolute Gasteiger partial charge is 0.383 e. The van der Waals surface area contributed by atoms with E-state index in [-0.39, 0.29) is 17.9 Å². The van der Waals surface area contributed by atoms with Gasteiger partial charge in [0.2, 0.25) is 5.91 Å². The van der Waals surface area contributed by atoms with E-state index >= 15 is 0 Å². The summed E-state index contributed by atoms with van der Waals surface area (Å²) < 4.78 is 5.09. The molecule has 1 heterocycles. The third-order valence-electron chi connectivity index (χ3n) is 3.69. The fourth-order valence-electron chi connectivity index (χ4n) is 2.15. The normalized spacial score (nSPS) is 21.4. The number of rotatable bonds is 5. The summed E-state index contributed by atoms with van der Waals surface area (Å²) in [4.78, 5) is 16.5. The van der Waals surface area contributed by atoms with Crippen molar-refractivity contribution >= 4 is 5.91 Å². The molecule has 5 heteroatoms. The van der Waals surface area contributed by atoms with Gasteiger partial charge in [-0.3, -0.25) is 9.69 Å². The van der Waals surface area contributed by atoms with Crippen LogP contribution in [0, 0.1) is 5.92 Å². The summed E-state index contributed by atoms with van der Waals surface area (Å²) in [5.74, 6) is 0.106. The first-order valence-corrected chi connectivity index (χ1v) is 6.82. The van der Waals surface area contributed by atoms with Crippen LogP contribution in [0.2, 0.25) is 0 Å². The molecule has 1 rings (SSSR count). The van der Waals surface area contributed by atoms with Crippen LogP contribution in [0.15, 0.2) is 0 Å². The second-order valence-corrected chi connectivity index (χ2v) is 5.16. The molecule has 0 radical (unpaired) electrons. The molecule has 1 saturated heterocycles. The van der Waals surface area contributed by atoms with E-state index in [1.165, 1.54) is 0 Å². The first-order valence-electron chi connectivity index (χ1n) is 6.82. The topological polar surface area (TPSA) is 58.8 Å². The molecule has 1 amide bonds. The molecule has 0 aromatic heterocycles. The van der Waals surface area contributed by atoms with Crippen molar-refractivity contribution in [3.63, 3.8) is 0 Å². The highest BCUT2D eigenvalue weighted by molar-refractivity contribution is 5.79. The number of nitrogens with zero attached hydrogens (tertiary/aromatic N) is 2. The Hall–Kier alpha value is -0.650. The third kappa shape index (κ3) is 4.55. The quantitative estimate of drug-likeness (QED) is 0.762. The molecule has 0 bridgehead atoms. The van der Waals surface area contributed by atoms with E-state index in [2.05, 4.69) is 4.90 Å². The third-order valence-corrected chi connectivity index (χ3v) is 3.69. The average molecular weight is 257 g/mol. The van der Waals surface area contributed by atoms with E-state index in [0.29, 0.717) is 0 Å². The van der Waals surface area contributed by atoms with Crippen molar-refractivity contribution in [2.75, 3.05) is 46.4 Å². The fraction of sp³-hybridized carbons (Fsp3) is 0.923. The van der Waals surface area contributed by atoms with Crippen LogP contribution in [0.1, 0.15) is 20.3 Å². The highest BCUT2D eigenvalue weighted by atomic mass is 16.5. The maximum absolute atomic E-state index is 12.2. The minimum atomic E-state index is -0.0875. The fourth-order valence-corrected chi connectivity index (χ4v) is 2.15. The smallest absolute Gasteiger partial charge is 0.226 e. The van der Waals surface area contributed by atoms with E-state index in [4.69, 9.17) is 10.5 Å². The number of methoxy groups -OCH3 is 1. The van der Waals surface area contributed by atoms with Crippen LogP contribution in [0.3, 0.4) is 0 Å². The molecule has 0 spiro atoms. The molecule has 106 valence electrons. The predicted molar refractivity (Wildman–Crippen MR) is 72.3 cm³/mol. The number of carbonyl (C=O) groups is 1. The highest BCUT2D eigenvalue weighted by Crippen LogP contribution is 2.10. The standard InChI is InChI=1S/C13H27N3O2/c1-11(12(2)14)13(17)16-6-4-5-15(7-8-16)9-10-18-3/h11-12H,4-10,14H2,1-3H3. The second kappa shape index (κ2) is 7.71. The number of carbonyl (C=O) groups excluding carboxylic acids is 1. The Bertz CT molecular complexity index is 259. The summed E-state index contributed by atoms with van der Waals surface area (Å²) in [6, 6.07) is -0.0784. The Balaban J connectivity index is 2.43. The molecule has 0 aromatic rings. The van der Waals surface area contributed by atoms with E-state index in [0.717, 1.165) is 45.8 Å². The van der Waals surface area contributed by atoms with E-state index < -0.39 is 0 Å². The highest BCUT2D eigenvalue weighted by Gasteiger charge is 2.25. The van der Waals surface area contributed by atoms with Crippen LogP contribution in [-0.4, -0.2) is 68.2 Å². The van der Waals surface area contributed by atoms with Gasteiger partial charge >= 0.3 is 0 Å². The van der Waals surface area contributed by atoms with Gasteiger partial charge in [0.15, 0.2) is 0 Å². The number of amides is 1. The molecule has 1 fully saturated rings. The lowest BCUT2D eigenvalue weighted by Gasteiger charge is -2.26. The van der Waals surface area contributed by atoms with Gasteiger partial charge in [-0.2, -0.15) is 0 Å².